The lowest BCUT2D eigenvalue weighted by atomic mass is 9.81. The highest BCUT2D eigenvalue weighted by Crippen LogP contribution is 2.50. The van der Waals surface area contributed by atoms with Crippen molar-refractivity contribution < 1.29 is 0 Å². The highest BCUT2D eigenvalue weighted by molar-refractivity contribution is 5.85. The van der Waals surface area contributed by atoms with Crippen molar-refractivity contribution in [3.05, 3.63) is 144 Å². The van der Waals surface area contributed by atoms with Gasteiger partial charge in [-0.15, -0.1) is 0 Å². The number of fused-ring (bicyclic) bond motifs is 3. The molecule has 7 rings (SSSR count). The van der Waals surface area contributed by atoms with E-state index < -0.39 is 0 Å². The van der Waals surface area contributed by atoms with Gasteiger partial charge in [-0.3, -0.25) is 0 Å². The molecule has 4 heteroatoms. The van der Waals surface area contributed by atoms with Crippen LogP contribution in [0.5, 0.6) is 0 Å². The second kappa shape index (κ2) is 9.66. The third-order valence-electron chi connectivity index (χ3n) is 7.96. The Hall–Kier alpha value is -5.40. The van der Waals surface area contributed by atoms with Gasteiger partial charge in [0.05, 0.1) is 6.57 Å². The molecule has 1 heterocycles. The average Bonchev–Trinajstić information content (AvgIpc) is 3.27. The summed E-state index contributed by atoms with van der Waals surface area (Å²) in [6, 6.07) is 41.2. The lowest BCUT2D eigenvalue weighted by Gasteiger charge is -2.22. The monoisotopic (exact) mass is 526 g/mol. The minimum atomic E-state index is -0.131. The van der Waals surface area contributed by atoms with Crippen LogP contribution in [0.4, 0.5) is 5.69 Å². The summed E-state index contributed by atoms with van der Waals surface area (Å²) in [6.45, 7) is 12.0. The summed E-state index contributed by atoms with van der Waals surface area (Å²) < 4.78 is 0. The predicted octanol–water partition coefficient (Wildman–Crippen LogP) is 9.40. The molecule has 1 aliphatic rings. The number of hydrogen-bond donors (Lipinski definition) is 0. The molecule has 194 valence electrons. The van der Waals surface area contributed by atoms with E-state index in [0.717, 1.165) is 27.8 Å². The maximum Gasteiger partial charge on any atom is 0.187 e. The van der Waals surface area contributed by atoms with Gasteiger partial charge >= 0.3 is 0 Å². The zero-order chi connectivity index (χ0) is 28.0. The van der Waals surface area contributed by atoms with E-state index in [9.17, 15) is 0 Å². The maximum atomic E-state index is 7.44. The quantitative estimate of drug-likeness (QED) is 0.215. The number of rotatable bonds is 4. The van der Waals surface area contributed by atoms with Gasteiger partial charge in [-0.25, -0.2) is 19.8 Å². The standard InChI is InChI=1S/C37H26N4/c1-37(2)32-21-19-29(38-3)23-31(32)30-20-18-28(22-33(30)37)24-14-16-27(17-15-24)36-40-34(25-10-6-4-7-11-25)39-35(41-36)26-12-8-5-9-13-26/h4-23H,1-2H3. The van der Waals surface area contributed by atoms with Crippen molar-refractivity contribution >= 4 is 5.69 Å². The first-order valence-electron chi connectivity index (χ1n) is 13.7. The molecule has 0 amide bonds. The molecule has 1 aromatic heterocycles. The van der Waals surface area contributed by atoms with Crippen molar-refractivity contribution in [3.63, 3.8) is 0 Å². The highest BCUT2D eigenvalue weighted by Gasteiger charge is 2.35. The van der Waals surface area contributed by atoms with Crippen LogP contribution in [0.15, 0.2) is 121 Å². The number of hydrogen-bond acceptors (Lipinski definition) is 3. The molecule has 0 saturated heterocycles. The van der Waals surface area contributed by atoms with Gasteiger partial charge < -0.3 is 0 Å². The Bertz CT molecular complexity index is 1890. The molecule has 6 aromatic rings. The molecular formula is C37H26N4. The van der Waals surface area contributed by atoms with Crippen LogP contribution < -0.4 is 0 Å². The molecule has 41 heavy (non-hydrogen) atoms. The summed E-state index contributed by atoms with van der Waals surface area (Å²) in [5, 5.41) is 0. The van der Waals surface area contributed by atoms with Crippen LogP contribution in [0.2, 0.25) is 0 Å². The summed E-state index contributed by atoms with van der Waals surface area (Å²) in [5.74, 6) is 1.95. The summed E-state index contributed by atoms with van der Waals surface area (Å²) in [4.78, 5) is 18.2. The van der Waals surface area contributed by atoms with Crippen LogP contribution in [0.25, 0.3) is 61.3 Å². The first kappa shape index (κ1) is 24.6. The topological polar surface area (TPSA) is 43.0 Å². The minimum absolute atomic E-state index is 0.131. The van der Waals surface area contributed by atoms with Crippen LogP contribution in [0.3, 0.4) is 0 Å². The second-order valence-corrected chi connectivity index (χ2v) is 10.8. The molecule has 0 spiro atoms. The fourth-order valence-electron chi connectivity index (χ4n) is 5.74. The van der Waals surface area contributed by atoms with E-state index in [0.29, 0.717) is 23.2 Å². The molecule has 0 N–H and O–H groups in total. The van der Waals surface area contributed by atoms with Crippen LogP contribution in [-0.4, -0.2) is 15.0 Å². The Morgan fingerprint density at radius 3 is 1.56 bits per heavy atom. The molecule has 0 saturated carbocycles. The molecule has 0 fully saturated rings. The fourth-order valence-corrected chi connectivity index (χ4v) is 5.74. The van der Waals surface area contributed by atoms with E-state index >= 15 is 0 Å². The summed E-state index contributed by atoms with van der Waals surface area (Å²) in [7, 11) is 0. The van der Waals surface area contributed by atoms with Crippen molar-refractivity contribution in [2.45, 2.75) is 19.3 Å². The first-order chi connectivity index (χ1) is 20.0. The number of aromatic nitrogens is 3. The van der Waals surface area contributed by atoms with Crippen molar-refractivity contribution in [2.75, 3.05) is 0 Å². The molecule has 0 unspecified atom stereocenters. The molecule has 1 aliphatic carbocycles. The largest absolute Gasteiger partial charge is 0.238 e. The Morgan fingerprint density at radius 1 is 0.488 bits per heavy atom. The average molecular weight is 527 g/mol. The van der Waals surface area contributed by atoms with Gasteiger partial charge in [0, 0.05) is 22.1 Å². The van der Waals surface area contributed by atoms with Crippen molar-refractivity contribution in [3.8, 4) is 56.4 Å². The van der Waals surface area contributed by atoms with Crippen molar-refractivity contribution in [1.82, 2.24) is 15.0 Å². The Morgan fingerprint density at radius 2 is 1.00 bits per heavy atom. The lowest BCUT2D eigenvalue weighted by molar-refractivity contribution is 0.661. The van der Waals surface area contributed by atoms with Crippen LogP contribution >= 0.6 is 0 Å². The molecule has 0 radical (unpaired) electrons. The molecule has 0 atom stereocenters. The summed E-state index contributed by atoms with van der Waals surface area (Å²) in [6.07, 6.45) is 0. The first-order valence-corrected chi connectivity index (χ1v) is 13.7. The van der Waals surface area contributed by atoms with Crippen molar-refractivity contribution in [2.24, 2.45) is 0 Å². The second-order valence-electron chi connectivity index (χ2n) is 10.8. The summed E-state index contributed by atoms with van der Waals surface area (Å²) in [5.41, 5.74) is 10.6. The Labute approximate surface area is 239 Å². The van der Waals surface area contributed by atoms with E-state index in [1.165, 1.54) is 22.3 Å². The van der Waals surface area contributed by atoms with E-state index in [4.69, 9.17) is 21.5 Å². The Kier molecular flexibility index (Phi) is 5.80. The van der Waals surface area contributed by atoms with Gasteiger partial charge in [0.25, 0.3) is 0 Å². The molecule has 4 nitrogen and oxygen atoms in total. The Balaban J connectivity index is 1.27. The SMILES string of the molecule is [C-]#[N+]c1ccc2c(c1)-c1ccc(-c3ccc(-c4nc(-c5ccccc5)nc(-c5ccccc5)n4)cc3)cc1C2(C)C. The molecule has 5 aromatic carbocycles. The van der Waals surface area contributed by atoms with Crippen LogP contribution in [-0.2, 0) is 5.41 Å². The van der Waals surface area contributed by atoms with Gasteiger partial charge in [0.15, 0.2) is 23.2 Å². The molecule has 0 aliphatic heterocycles. The van der Waals surface area contributed by atoms with E-state index in [-0.39, 0.29) is 5.41 Å². The third-order valence-corrected chi connectivity index (χ3v) is 7.96. The van der Waals surface area contributed by atoms with Crippen LogP contribution in [0.1, 0.15) is 25.0 Å². The van der Waals surface area contributed by atoms with Gasteiger partial charge in [-0.1, -0.05) is 123 Å². The summed E-state index contributed by atoms with van der Waals surface area (Å²) >= 11 is 0. The highest BCUT2D eigenvalue weighted by atomic mass is 15.0. The number of nitrogens with zero attached hydrogens (tertiary/aromatic N) is 4. The van der Waals surface area contributed by atoms with Gasteiger partial charge in [0.1, 0.15) is 0 Å². The van der Waals surface area contributed by atoms with Gasteiger partial charge in [-0.2, -0.15) is 0 Å². The van der Waals surface area contributed by atoms with E-state index in [1.54, 1.807) is 0 Å². The lowest BCUT2D eigenvalue weighted by Crippen LogP contribution is -2.14. The molecular weight excluding hydrogens is 500 g/mol. The van der Waals surface area contributed by atoms with Gasteiger partial charge in [-0.05, 0) is 45.5 Å². The smallest absolute Gasteiger partial charge is 0.187 e. The van der Waals surface area contributed by atoms with Crippen LogP contribution in [0, 0.1) is 6.57 Å². The molecule has 0 bridgehead atoms. The third kappa shape index (κ3) is 4.29. The minimum Gasteiger partial charge on any atom is -0.238 e. The maximum absolute atomic E-state index is 7.44. The number of benzene rings is 5. The van der Waals surface area contributed by atoms with Gasteiger partial charge in [0.2, 0.25) is 0 Å². The van der Waals surface area contributed by atoms with E-state index in [1.807, 2.05) is 72.8 Å². The normalized spacial score (nSPS) is 12.8. The van der Waals surface area contributed by atoms with E-state index in [2.05, 4.69) is 67.2 Å². The fraction of sp³-hybridized carbons (Fsp3) is 0.0811. The van der Waals surface area contributed by atoms with Crippen molar-refractivity contribution in [1.29, 1.82) is 0 Å². The predicted molar refractivity (Wildman–Crippen MR) is 165 cm³/mol. The zero-order valence-corrected chi connectivity index (χ0v) is 22.8. The zero-order valence-electron chi connectivity index (χ0n) is 22.8.